The largest absolute Gasteiger partial charge is 0.352 e. The van der Waals surface area contributed by atoms with Gasteiger partial charge >= 0.3 is 0 Å². The Morgan fingerprint density at radius 2 is 1.85 bits per heavy atom. The number of hydrogen-bond acceptors (Lipinski definition) is 3. The number of nitrogens with two attached hydrogens (primary N) is 1. The number of unbranched alkanes of at least 4 members (excludes halogenated alkanes) is 5. The van der Waals surface area contributed by atoms with Crippen LogP contribution in [0.5, 0.6) is 0 Å². The Labute approximate surface area is 122 Å². The van der Waals surface area contributed by atoms with Crippen LogP contribution in [-0.4, -0.2) is 12.5 Å². The van der Waals surface area contributed by atoms with Gasteiger partial charge in [-0.3, -0.25) is 10.6 Å². The number of amides is 1. The van der Waals surface area contributed by atoms with Gasteiger partial charge in [-0.05, 0) is 37.1 Å². The molecule has 1 amide bonds. The fourth-order valence-electron chi connectivity index (χ4n) is 2.18. The summed E-state index contributed by atoms with van der Waals surface area (Å²) < 4.78 is 0. The van der Waals surface area contributed by atoms with Crippen molar-refractivity contribution in [3.05, 3.63) is 29.3 Å². The number of carbonyl (C=O) groups excluding carboxylic acids is 1. The van der Waals surface area contributed by atoms with Gasteiger partial charge in [-0.25, -0.2) is 0 Å². The molecule has 1 aromatic carbocycles. The van der Waals surface area contributed by atoms with Gasteiger partial charge in [0.25, 0.3) is 5.91 Å². The Balaban J connectivity index is 2.27. The van der Waals surface area contributed by atoms with Gasteiger partial charge in [-0.1, -0.05) is 39.0 Å². The summed E-state index contributed by atoms with van der Waals surface area (Å²) >= 11 is 0. The number of hydrazine groups is 1. The van der Waals surface area contributed by atoms with Crippen molar-refractivity contribution in [2.24, 2.45) is 5.84 Å². The zero-order valence-electron chi connectivity index (χ0n) is 12.7. The summed E-state index contributed by atoms with van der Waals surface area (Å²) in [4.78, 5) is 12.0. The van der Waals surface area contributed by atoms with E-state index in [0.717, 1.165) is 24.2 Å². The molecule has 0 aliphatic carbocycles. The molecule has 0 aromatic heterocycles. The Morgan fingerprint density at radius 1 is 1.15 bits per heavy atom. The molecule has 0 fully saturated rings. The van der Waals surface area contributed by atoms with E-state index in [-0.39, 0.29) is 5.91 Å². The van der Waals surface area contributed by atoms with Crippen molar-refractivity contribution in [3.63, 3.8) is 0 Å². The van der Waals surface area contributed by atoms with Crippen LogP contribution in [0, 0.1) is 6.92 Å². The molecule has 20 heavy (non-hydrogen) atoms. The molecule has 0 spiro atoms. The molecule has 0 saturated carbocycles. The molecular weight excluding hydrogens is 250 g/mol. The van der Waals surface area contributed by atoms with Crippen molar-refractivity contribution in [3.8, 4) is 0 Å². The summed E-state index contributed by atoms with van der Waals surface area (Å²) in [5.41, 5.74) is 5.11. The van der Waals surface area contributed by atoms with E-state index in [4.69, 9.17) is 5.84 Å². The smallest absolute Gasteiger partial charge is 0.251 e. The maximum absolute atomic E-state index is 12.0. The molecule has 112 valence electrons. The van der Waals surface area contributed by atoms with Gasteiger partial charge < -0.3 is 10.7 Å². The van der Waals surface area contributed by atoms with Crippen LogP contribution in [0.2, 0.25) is 0 Å². The molecule has 4 heteroatoms. The van der Waals surface area contributed by atoms with Gasteiger partial charge in [0.15, 0.2) is 0 Å². The minimum atomic E-state index is -0.00905. The maximum Gasteiger partial charge on any atom is 0.251 e. The summed E-state index contributed by atoms with van der Waals surface area (Å²) in [5.74, 6) is 5.37. The fourth-order valence-corrected chi connectivity index (χ4v) is 2.18. The first-order valence-corrected chi connectivity index (χ1v) is 7.54. The van der Waals surface area contributed by atoms with Crippen molar-refractivity contribution in [2.75, 3.05) is 12.0 Å². The highest BCUT2D eigenvalue weighted by Gasteiger charge is 2.06. The molecule has 1 aromatic rings. The Morgan fingerprint density at radius 3 is 2.50 bits per heavy atom. The van der Waals surface area contributed by atoms with Crippen molar-refractivity contribution >= 4 is 11.6 Å². The van der Waals surface area contributed by atoms with Crippen LogP contribution in [0.4, 0.5) is 5.69 Å². The van der Waals surface area contributed by atoms with Crippen molar-refractivity contribution in [1.29, 1.82) is 0 Å². The summed E-state index contributed by atoms with van der Waals surface area (Å²) in [6.45, 7) is 4.90. The predicted octanol–water partition coefficient (Wildman–Crippen LogP) is 3.37. The first-order valence-electron chi connectivity index (χ1n) is 7.54. The number of hydrogen-bond donors (Lipinski definition) is 3. The van der Waals surface area contributed by atoms with Gasteiger partial charge in [-0.2, -0.15) is 0 Å². The third-order valence-electron chi connectivity index (χ3n) is 3.46. The lowest BCUT2D eigenvalue weighted by molar-refractivity contribution is 0.0953. The Hall–Kier alpha value is -1.55. The first-order chi connectivity index (χ1) is 9.69. The summed E-state index contributed by atoms with van der Waals surface area (Å²) in [5, 5.41) is 2.96. The lowest BCUT2D eigenvalue weighted by atomic mass is 10.1. The summed E-state index contributed by atoms with van der Waals surface area (Å²) in [6.07, 6.45) is 7.39. The molecule has 4 N–H and O–H groups in total. The highest BCUT2D eigenvalue weighted by atomic mass is 16.1. The van der Waals surface area contributed by atoms with E-state index in [1.165, 1.54) is 32.1 Å². The topological polar surface area (TPSA) is 67.2 Å². The van der Waals surface area contributed by atoms with Gasteiger partial charge in [0.2, 0.25) is 0 Å². The van der Waals surface area contributed by atoms with Crippen molar-refractivity contribution < 1.29 is 4.79 Å². The third kappa shape index (κ3) is 5.61. The van der Waals surface area contributed by atoms with Crippen LogP contribution in [0.1, 0.15) is 61.4 Å². The molecule has 0 aliphatic rings. The lowest BCUT2D eigenvalue weighted by Gasteiger charge is -2.08. The van der Waals surface area contributed by atoms with Gasteiger partial charge in [0.1, 0.15) is 0 Å². The van der Waals surface area contributed by atoms with Gasteiger partial charge in [0, 0.05) is 12.1 Å². The average Bonchev–Trinajstić information content (AvgIpc) is 2.46. The number of aryl methyl sites for hydroxylation is 1. The SMILES string of the molecule is CCCCCCCCNC(=O)c1ccc(NN)c(C)c1. The van der Waals surface area contributed by atoms with E-state index < -0.39 is 0 Å². The van der Waals surface area contributed by atoms with Crippen molar-refractivity contribution in [2.45, 2.75) is 52.4 Å². The molecule has 0 bridgehead atoms. The van der Waals surface area contributed by atoms with Gasteiger partial charge in [0.05, 0.1) is 5.69 Å². The molecule has 0 saturated heterocycles. The van der Waals surface area contributed by atoms with E-state index in [2.05, 4.69) is 17.7 Å². The highest BCUT2D eigenvalue weighted by Crippen LogP contribution is 2.15. The lowest BCUT2D eigenvalue weighted by Crippen LogP contribution is -2.24. The predicted molar refractivity (Wildman–Crippen MR) is 84.7 cm³/mol. The fraction of sp³-hybridized carbons (Fsp3) is 0.562. The first kappa shape index (κ1) is 16.5. The second-order valence-electron chi connectivity index (χ2n) is 5.20. The van der Waals surface area contributed by atoms with E-state index in [9.17, 15) is 4.79 Å². The molecule has 0 heterocycles. The summed E-state index contributed by atoms with van der Waals surface area (Å²) in [7, 11) is 0. The van der Waals surface area contributed by atoms with E-state index in [1.807, 2.05) is 19.1 Å². The van der Waals surface area contributed by atoms with E-state index in [0.29, 0.717) is 5.56 Å². The minimum Gasteiger partial charge on any atom is -0.352 e. The van der Waals surface area contributed by atoms with E-state index in [1.54, 1.807) is 6.07 Å². The quantitative estimate of drug-likeness (QED) is 0.368. The van der Waals surface area contributed by atoms with Crippen LogP contribution in [0.15, 0.2) is 18.2 Å². The summed E-state index contributed by atoms with van der Waals surface area (Å²) in [6, 6.07) is 5.47. The number of anilines is 1. The number of rotatable bonds is 9. The van der Waals surface area contributed by atoms with Crippen LogP contribution < -0.4 is 16.6 Å². The second-order valence-corrected chi connectivity index (χ2v) is 5.20. The van der Waals surface area contributed by atoms with Crippen molar-refractivity contribution in [1.82, 2.24) is 5.32 Å². The number of benzene rings is 1. The normalized spacial score (nSPS) is 10.3. The van der Waals surface area contributed by atoms with Crippen LogP contribution in [0.25, 0.3) is 0 Å². The zero-order valence-corrected chi connectivity index (χ0v) is 12.7. The molecule has 0 atom stereocenters. The monoisotopic (exact) mass is 277 g/mol. The van der Waals surface area contributed by atoms with E-state index >= 15 is 0 Å². The van der Waals surface area contributed by atoms with Crippen LogP contribution in [-0.2, 0) is 0 Å². The standard InChI is InChI=1S/C16H27N3O/c1-3-4-5-6-7-8-11-18-16(20)14-9-10-15(19-17)13(2)12-14/h9-10,12,19H,3-8,11,17H2,1-2H3,(H,18,20). The molecule has 0 radical (unpaired) electrons. The third-order valence-corrected chi connectivity index (χ3v) is 3.46. The highest BCUT2D eigenvalue weighted by molar-refractivity contribution is 5.94. The van der Waals surface area contributed by atoms with Crippen LogP contribution >= 0.6 is 0 Å². The molecule has 1 rings (SSSR count). The average molecular weight is 277 g/mol. The zero-order chi connectivity index (χ0) is 14.8. The molecule has 0 unspecified atom stereocenters. The van der Waals surface area contributed by atoms with Gasteiger partial charge in [-0.15, -0.1) is 0 Å². The molecule has 4 nitrogen and oxygen atoms in total. The Kier molecular flexibility index (Phi) is 7.73. The Bertz CT molecular complexity index is 418. The van der Waals surface area contributed by atoms with Crippen LogP contribution in [0.3, 0.4) is 0 Å². The molecule has 0 aliphatic heterocycles. The number of nitrogens with one attached hydrogen (secondary N) is 2. The minimum absolute atomic E-state index is 0.00905. The maximum atomic E-state index is 12.0. The number of carbonyl (C=O) groups is 1. The second kappa shape index (κ2) is 9.37. The molecular formula is C16H27N3O. The number of nitrogen functional groups attached to an aromatic ring is 1.